The Labute approximate surface area is 227 Å². The second-order valence-electron chi connectivity index (χ2n) is 8.98. The fourth-order valence-corrected chi connectivity index (χ4v) is 5.18. The van der Waals surface area contributed by atoms with E-state index in [9.17, 15) is 14.4 Å². The summed E-state index contributed by atoms with van der Waals surface area (Å²) in [6.07, 6.45) is -2.20. The molecule has 1 heterocycles. The zero-order valence-corrected chi connectivity index (χ0v) is 22.4. The summed E-state index contributed by atoms with van der Waals surface area (Å²) in [7, 11) is 3.02. The third kappa shape index (κ3) is 5.00. The molecule has 0 saturated carbocycles. The molecule has 0 amide bonds. The van der Waals surface area contributed by atoms with Gasteiger partial charge in [0.25, 0.3) is 0 Å². The Morgan fingerprint density at radius 3 is 1.85 bits per heavy atom. The van der Waals surface area contributed by atoms with E-state index in [1.54, 1.807) is 86.6 Å². The molecule has 1 fully saturated rings. The average molecular weight is 533 g/mol. The van der Waals surface area contributed by atoms with E-state index in [1.807, 2.05) is 6.07 Å². The molecule has 0 N–H and O–H groups in total. The van der Waals surface area contributed by atoms with Crippen LogP contribution in [0.5, 0.6) is 11.5 Å². The molecule has 8 heteroatoms. The van der Waals surface area contributed by atoms with Crippen LogP contribution in [0, 0.1) is 11.3 Å². The molecule has 4 rings (SSSR count). The highest BCUT2D eigenvalue weighted by molar-refractivity contribution is 6.10. The van der Waals surface area contributed by atoms with Gasteiger partial charge in [0.1, 0.15) is 6.10 Å². The van der Waals surface area contributed by atoms with Crippen molar-refractivity contribution in [1.29, 1.82) is 0 Å². The van der Waals surface area contributed by atoms with Crippen LogP contribution in [-0.2, 0) is 23.8 Å². The lowest BCUT2D eigenvalue weighted by molar-refractivity contribution is -0.178. The van der Waals surface area contributed by atoms with E-state index in [0.717, 1.165) is 0 Å². The first kappa shape index (κ1) is 27.9. The predicted molar refractivity (Wildman–Crippen MR) is 143 cm³/mol. The van der Waals surface area contributed by atoms with Crippen molar-refractivity contribution in [1.82, 2.24) is 0 Å². The maximum atomic E-state index is 14.4. The Bertz CT molecular complexity index is 1290. The summed E-state index contributed by atoms with van der Waals surface area (Å²) in [6, 6.07) is 22.5. The van der Waals surface area contributed by atoms with E-state index in [2.05, 4.69) is 0 Å². The first-order valence-electron chi connectivity index (χ1n) is 12.8. The minimum absolute atomic E-state index is 0.00519. The van der Waals surface area contributed by atoms with Crippen molar-refractivity contribution in [2.75, 3.05) is 27.4 Å². The predicted octanol–water partition coefficient (Wildman–Crippen LogP) is 5.13. The molecule has 0 radical (unpaired) electrons. The van der Waals surface area contributed by atoms with Gasteiger partial charge in [0.15, 0.2) is 17.3 Å². The molecule has 0 unspecified atom stereocenters. The fourth-order valence-electron chi connectivity index (χ4n) is 5.18. The van der Waals surface area contributed by atoms with Crippen LogP contribution in [0.1, 0.15) is 47.5 Å². The number of rotatable bonds is 10. The monoisotopic (exact) mass is 532 g/mol. The highest BCUT2D eigenvalue weighted by Gasteiger charge is 2.70. The smallest absolute Gasteiger partial charge is 0.327 e. The maximum Gasteiger partial charge on any atom is 0.327 e. The molecule has 1 aliphatic heterocycles. The Kier molecular flexibility index (Phi) is 8.66. The Morgan fingerprint density at radius 2 is 1.31 bits per heavy atom. The minimum Gasteiger partial charge on any atom is -0.493 e. The maximum absolute atomic E-state index is 14.4. The molecule has 3 aromatic carbocycles. The van der Waals surface area contributed by atoms with Crippen molar-refractivity contribution in [2.45, 2.75) is 26.1 Å². The van der Waals surface area contributed by atoms with Crippen LogP contribution in [0.25, 0.3) is 0 Å². The van der Waals surface area contributed by atoms with Crippen LogP contribution in [0.15, 0.2) is 78.9 Å². The molecule has 1 aliphatic rings. The first-order chi connectivity index (χ1) is 18.9. The summed E-state index contributed by atoms with van der Waals surface area (Å²) in [5.41, 5.74) is -0.743. The van der Waals surface area contributed by atoms with E-state index in [-0.39, 0.29) is 13.2 Å². The van der Waals surface area contributed by atoms with Gasteiger partial charge >= 0.3 is 11.9 Å². The molecule has 3 atom stereocenters. The van der Waals surface area contributed by atoms with E-state index in [4.69, 9.17) is 23.7 Å². The molecule has 3 aromatic rings. The van der Waals surface area contributed by atoms with E-state index in [0.29, 0.717) is 28.2 Å². The van der Waals surface area contributed by atoms with Gasteiger partial charge in [0.2, 0.25) is 5.41 Å². The third-order valence-corrected chi connectivity index (χ3v) is 6.90. The molecule has 0 aliphatic carbocycles. The minimum atomic E-state index is -2.13. The van der Waals surface area contributed by atoms with Gasteiger partial charge in [0.05, 0.1) is 39.5 Å². The number of methoxy groups -OCH3 is 2. The van der Waals surface area contributed by atoms with Gasteiger partial charge in [-0.15, -0.1) is 0 Å². The lowest BCUT2D eigenvalue weighted by Crippen LogP contribution is -2.51. The van der Waals surface area contributed by atoms with Gasteiger partial charge in [-0.25, -0.2) is 0 Å². The summed E-state index contributed by atoms with van der Waals surface area (Å²) < 4.78 is 28.5. The summed E-state index contributed by atoms with van der Waals surface area (Å²) in [5.74, 6) is -2.64. The van der Waals surface area contributed by atoms with Crippen LogP contribution < -0.4 is 9.47 Å². The summed E-state index contributed by atoms with van der Waals surface area (Å²) in [5, 5.41) is 0. The summed E-state index contributed by atoms with van der Waals surface area (Å²) in [4.78, 5) is 42.4. The van der Waals surface area contributed by atoms with Gasteiger partial charge in [-0.3, -0.25) is 14.4 Å². The number of carbonyl (C=O) groups excluding carboxylic acids is 3. The van der Waals surface area contributed by atoms with Gasteiger partial charge in [-0.1, -0.05) is 66.7 Å². The summed E-state index contributed by atoms with van der Waals surface area (Å²) in [6.45, 7) is 3.28. The number of hydrogen-bond acceptors (Lipinski definition) is 8. The molecule has 39 heavy (non-hydrogen) atoms. The molecule has 0 aromatic heterocycles. The van der Waals surface area contributed by atoms with E-state index < -0.39 is 41.3 Å². The number of esters is 2. The van der Waals surface area contributed by atoms with Crippen molar-refractivity contribution in [3.05, 3.63) is 95.6 Å². The number of Topliss-reactive ketones (excluding diaryl/α,β-unsaturated/α-hetero) is 1. The van der Waals surface area contributed by atoms with Crippen LogP contribution in [-0.4, -0.2) is 45.2 Å². The highest BCUT2D eigenvalue weighted by Crippen LogP contribution is 2.60. The zero-order chi connectivity index (χ0) is 28.0. The third-order valence-electron chi connectivity index (χ3n) is 6.90. The van der Waals surface area contributed by atoms with Crippen molar-refractivity contribution >= 4 is 17.7 Å². The van der Waals surface area contributed by atoms with Gasteiger partial charge in [-0.05, 0) is 37.1 Å². The SMILES string of the molecule is CCOC(=O)C1(C(=O)OCC)[C@H](C(=O)c2ccccc2)[C@@H](c2ccc(OC)c(OC)c2)O[C@H]1c1ccccc1. The number of hydrogen-bond donors (Lipinski definition) is 0. The van der Waals surface area contributed by atoms with Crippen molar-refractivity contribution < 1.29 is 38.1 Å². The fraction of sp³-hybridized carbons (Fsp3) is 0.323. The van der Waals surface area contributed by atoms with E-state index in [1.165, 1.54) is 14.2 Å². The lowest BCUT2D eigenvalue weighted by atomic mass is 9.66. The van der Waals surface area contributed by atoms with Crippen molar-refractivity contribution in [2.24, 2.45) is 11.3 Å². The first-order valence-corrected chi connectivity index (χ1v) is 12.8. The Balaban J connectivity index is 2.03. The number of benzene rings is 3. The molecular formula is C31H32O8. The van der Waals surface area contributed by atoms with Crippen molar-refractivity contribution in [3.8, 4) is 11.5 Å². The average Bonchev–Trinajstić information content (AvgIpc) is 3.34. The number of carbonyl (C=O) groups is 3. The molecule has 1 saturated heterocycles. The standard InChI is InChI=1S/C31H32O8/c1-5-37-29(33)31(30(34)38-6-2)25(26(32)20-13-9-7-10-14-20)27(39-28(31)21-15-11-8-12-16-21)22-17-18-23(35-3)24(19-22)36-4/h7-19,25,27-28H,5-6H2,1-4H3/t25-,27-,28+/m1/s1. The number of ketones is 1. The van der Waals surface area contributed by atoms with Gasteiger partial charge in [0, 0.05) is 5.56 Å². The zero-order valence-electron chi connectivity index (χ0n) is 22.4. The Morgan fingerprint density at radius 1 is 0.744 bits per heavy atom. The van der Waals surface area contributed by atoms with E-state index >= 15 is 0 Å². The van der Waals surface area contributed by atoms with Crippen LogP contribution in [0.4, 0.5) is 0 Å². The lowest BCUT2D eigenvalue weighted by Gasteiger charge is -2.33. The van der Waals surface area contributed by atoms with Crippen LogP contribution in [0.3, 0.4) is 0 Å². The van der Waals surface area contributed by atoms with Crippen LogP contribution in [0.2, 0.25) is 0 Å². The summed E-state index contributed by atoms with van der Waals surface area (Å²) >= 11 is 0. The van der Waals surface area contributed by atoms with Crippen molar-refractivity contribution in [3.63, 3.8) is 0 Å². The van der Waals surface area contributed by atoms with Gasteiger partial charge < -0.3 is 23.7 Å². The van der Waals surface area contributed by atoms with Gasteiger partial charge in [-0.2, -0.15) is 0 Å². The normalized spacial score (nSPS) is 19.6. The highest BCUT2D eigenvalue weighted by atomic mass is 16.6. The number of ether oxygens (including phenoxy) is 5. The second kappa shape index (κ2) is 12.1. The second-order valence-corrected chi connectivity index (χ2v) is 8.98. The molecular weight excluding hydrogens is 500 g/mol. The topological polar surface area (TPSA) is 97.4 Å². The molecule has 204 valence electrons. The molecule has 0 spiro atoms. The molecule has 8 nitrogen and oxygen atoms in total. The quantitative estimate of drug-likeness (QED) is 0.201. The van der Waals surface area contributed by atoms with Crippen LogP contribution >= 0.6 is 0 Å². The molecule has 0 bridgehead atoms. The largest absolute Gasteiger partial charge is 0.493 e. The Hall–Kier alpha value is -4.17.